The molecule has 1 saturated carbocycles. The van der Waals surface area contributed by atoms with Gasteiger partial charge in [0.15, 0.2) is 6.30 Å². The Morgan fingerprint density at radius 2 is 1.95 bits per heavy atom. The highest BCUT2D eigenvalue weighted by atomic mass is 19.1. The molecule has 1 N–H and O–H groups in total. The number of carbonyl (C=O) groups excluding carboxylic acids is 1. The van der Waals surface area contributed by atoms with Crippen molar-refractivity contribution in [3.8, 4) is 0 Å². The van der Waals surface area contributed by atoms with E-state index in [2.05, 4.69) is 5.32 Å². The lowest BCUT2D eigenvalue weighted by Gasteiger charge is -2.26. The molecule has 0 spiro atoms. The Morgan fingerprint density at radius 1 is 1.25 bits per heavy atom. The summed E-state index contributed by atoms with van der Waals surface area (Å²) in [4.78, 5) is 11.9. The highest BCUT2D eigenvalue weighted by molar-refractivity contribution is 5.73. The normalized spacial score (nSPS) is 24.7. The van der Waals surface area contributed by atoms with Gasteiger partial charge in [-0.05, 0) is 12.8 Å². The first kappa shape index (κ1) is 15.0. The van der Waals surface area contributed by atoms with Crippen LogP contribution in [0, 0.1) is 5.92 Å². The Bertz CT molecular complexity index is 424. The van der Waals surface area contributed by atoms with E-state index in [0.29, 0.717) is 5.56 Å². The van der Waals surface area contributed by atoms with Crippen molar-refractivity contribution < 1.29 is 13.9 Å². The van der Waals surface area contributed by atoms with E-state index in [1.165, 1.54) is 7.11 Å². The fraction of sp³-hybridized carbons (Fsp3) is 0.562. The van der Waals surface area contributed by atoms with Gasteiger partial charge in [0.05, 0.1) is 13.0 Å². The van der Waals surface area contributed by atoms with Crippen LogP contribution in [0.5, 0.6) is 0 Å². The fourth-order valence-corrected chi connectivity index (χ4v) is 2.85. The first-order chi connectivity index (χ1) is 9.72. The first-order valence-electron chi connectivity index (χ1n) is 7.25. The third-order valence-electron chi connectivity index (χ3n) is 3.97. The molecule has 0 aliphatic heterocycles. The molecular formula is C16H22FNO2. The van der Waals surface area contributed by atoms with Crippen molar-refractivity contribution in [3.63, 3.8) is 0 Å². The molecule has 0 radical (unpaired) electrons. The van der Waals surface area contributed by atoms with Gasteiger partial charge in [0.25, 0.3) is 0 Å². The molecule has 0 saturated heterocycles. The Morgan fingerprint density at radius 3 is 2.65 bits per heavy atom. The standard InChI is InChI=1S/C16H22FNO2/c1-20-16(19)13-10-6-3-7-11-14(13)18-15(17)12-8-4-2-5-9-12/h2,4-5,8-9,13-15,18H,3,6-7,10-11H2,1H3/t13-,14+,15?/m0/s1. The van der Waals surface area contributed by atoms with Gasteiger partial charge in [-0.3, -0.25) is 10.1 Å². The minimum absolute atomic E-state index is 0.153. The third-order valence-corrected chi connectivity index (χ3v) is 3.97. The summed E-state index contributed by atoms with van der Waals surface area (Å²) in [6, 6.07) is 8.84. The number of halogens is 1. The van der Waals surface area contributed by atoms with Crippen molar-refractivity contribution in [2.24, 2.45) is 5.92 Å². The zero-order valence-corrected chi connectivity index (χ0v) is 11.8. The number of ether oxygens (including phenoxy) is 1. The molecule has 1 aliphatic carbocycles. The lowest BCUT2D eigenvalue weighted by Crippen LogP contribution is -2.40. The molecule has 3 nitrogen and oxygen atoms in total. The second-order valence-corrected chi connectivity index (χ2v) is 5.31. The van der Waals surface area contributed by atoms with Crippen LogP contribution in [0.4, 0.5) is 4.39 Å². The second-order valence-electron chi connectivity index (χ2n) is 5.31. The second kappa shape index (κ2) is 7.39. The lowest BCUT2D eigenvalue weighted by molar-refractivity contribution is -0.147. The highest BCUT2D eigenvalue weighted by Crippen LogP contribution is 2.27. The average Bonchev–Trinajstić information content (AvgIpc) is 2.73. The maximum absolute atomic E-state index is 14.3. The smallest absolute Gasteiger partial charge is 0.310 e. The predicted molar refractivity (Wildman–Crippen MR) is 75.8 cm³/mol. The van der Waals surface area contributed by atoms with Crippen LogP contribution in [0.1, 0.15) is 44.0 Å². The summed E-state index contributed by atoms with van der Waals surface area (Å²) in [5, 5.41) is 2.97. The zero-order valence-electron chi connectivity index (χ0n) is 11.8. The van der Waals surface area contributed by atoms with Crippen LogP contribution in [0.3, 0.4) is 0 Å². The lowest BCUT2D eigenvalue weighted by atomic mass is 9.94. The Labute approximate surface area is 119 Å². The summed E-state index contributed by atoms with van der Waals surface area (Å²) < 4.78 is 19.2. The highest BCUT2D eigenvalue weighted by Gasteiger charge is 2.32. The van der Waals surface area contributed by atoms with Crippen LogP contribution >= 0.6 is 0 Å². The van der Waals surface area contributed by atoms with Crippen molar-refractivity contribution in [2.75, 3.05) is 7.11 Å². The van der Waals surface area contributed by atoms with Crippen LogP contribution < -0.4 is 5.32 Å². The van der Waals surface area contributed by atoms with Crippen molar-refractivity contribution in [3.05, 3.63) is 35.9 Å². The van der Waals surface area contributed by atoms with E-state index in [0.717, 1.165) is 32.1 Å². The van der Waals surface area contributed by atoms with E-state index in [1.807, 2.05) is 18.2 Å². The summed E-state index contributed by atoms with van der Waals surface area (Å²) >= 11 is 0. The molecule has 20 heavy (non-hydrogen) atoms. The molecule has 3 atom stereocenters. The average molecular weight is 279 g/mol. The molecule has 1 aromatic carbocycles. The van der Waals surface area contributed by atoms with Crippen LogP contribution in [0.25, 0.3) is 0 Å². The van der Waals surface area contributed by atoms with E-state index < -0.39 is 6.30 Å². The summed E-state index contributed by atoms with van der Waals surface area (Å²) in [5.41, 5.74) is 0.598. The fourth-order valence-electron chi connectivity index (χ4n) is 2.85. The molecule has 1 fully saturated rings. The van der Waals surface area contributed by atoms with Gasteiger partial charge in [-0.2, -0.15) is 0 Å². The number of alkyl halides is 1. The molecule has 0 amide bonds. The number of carbonyl (C=O) groups is 1. The molecule has 0 heterocycles. The number of rotatable bonds is 4. The molecule has 0 bridgehead atoms. The van der Waals surface area contributed by atoms with Gasteiger partial charge in [0.2, 0.25) is 0 Å². The monoisotopic (exact) mass is 279 g/mol. The number of nitrogens with one attached hydrogen (secondary N) is 1. The number of hydrogen-bond donors (Lipinski definition) is 1. The minimum Gasteiger partial charge on any atom is -0.469 e. The molecule has 110 valence electrons. The van der Waals surface area contributed by atoms with Gasteiger partial charge in [0, 0.05) is 11.6 Å². The van der Waals surface area contributed by atoms with Crippen molar-refractivity contribution in [2.45, 2.75) is 44.4 Å². The van der Waals surface area contributed by atoms with Gasteiger partial charge in [0.1, 0.15) is 0 Å². The van der Waals surface area contributed by atoms with E-state index in [-0.39, 0.29) is 17.9 Å². The molecule has 0 aromatic heterocycles. The van der Waals surface area contributed by atoms with Gasteiger partial charge in [-0.1, -0.05) is 49.6 Å². The van der Waals surface area contributed by atoms with Crippen molar-refractivity contribution in [1.29, 1.82) is 0 Å². The van der Waals surface area contributed by atoms with Gasteiger partial charge in [-0.25, -0.2) is 4.39 Å². The van der Waals surface area contributed by atoms with E-state index >= 15 is 0 Å². The largest absolute Gasteiger partial charge is 0.469 e. The molecule has 2 rings (SSSR count). The van der Waals surface area contributed by atoms with Gasteiger partial charge < -0.3 is 4.74 Å². The maximum atomic E-state index is 14.3. The maximum Gasteiger partial charge on any atom is 0.310 e. The van der Waals surface area contributed by atoms with Crippen LogP contribution in [0.2, 0.25) is 0 Å². The van der Waals surface area contributed by atoms with Crippen LogP contribution in [0.15, 0.2) is 30.3 Å². The molecule has 1 aliphatic rings. The predicted octanol–water partition coefficient (Wildman–Crippen LogP) is 3.37. The topological polar surface area (TPSA) is 38.3 Å². The zero-order chi connectivity index (χ0) is 14.4. The van der Waals surface area contributed by atoms with E-state index in [1.54, 1.807) is 12.1 Å². The number of methoxy groups -OCH3 is 1. The molecule has 4 heteroatoms. The first-order valence-corrected chi connectivity index (χ1v) is 7.25. The molecule has 1 aromatic rings. The Hall–Kier alpha value is -1.42. The number of hydrogen-bond acceptors (Lipinski definition) is 3. The summed E-state index contributed by atoms with van der Waals surface area (Å²) in [7, 11) is 1.40. The minimum atomic E-state index is -1.24. The Kier molecular flexibility index (Phi) is 5.53. The number of benzene rings is 1. The van der Waals surface area contributed by atoms with Crippen molar-refractivity contribution in [1.82, 2.24) is 5.32 Å². The van der Waals surface area contributed by atoms with Crippen LogP contribution in [-0.2, 0) is 9.53 Å². The SMILES string of the molecule is COC(=O)[C@H]1CCCCC[C@H]1NC(F)c1ccccc1. The molecule has 1 unspecified atom stereocenters. The quantitative estimate of drug-likeness (QED) is 0.522. The summed E-state index contributed by atoms with van der Waals surface area (Å²) in [6.07, 6.45) is 3.45. The third kappa shape index (κ3) is 3.79. The molecular weight excluding hydrogens is 257 g/mol. The van der Waals surface area contributed by atoms with E-state index in [9.17, 15) is 9.18 Å². The number of esters is 1. The van der Waals surface area contributed by atoms with E-state index in [4.69, 9.17) is 4.74 Å². The van der Waals surface area contributed by atoms with Crippen molar-refractivity contribution >= 4 is 5.97 Å². The summed E-state index contributed by atoms with van der Waals surface area (Å²) in [5.74, 6) is -0.478. The van der Waals surface area contributed by atoms with Gasteiger partial charge >= 0.3 is 5.97 Å². The van der Waals surface area contributed by atoms with Gasteiger partial charge in [-0.15, -0.1) is 0 Å². The Balaban J connectivity index is 2.05. The van der Waals surface area contributed by atoms with Crippen LogP contribution in [-0.4, -0.2) is 19.1 Å². The summed E-state index contributed by atoms with van der Waals surface area (Å²) in [6.45, 7) is 0.